The zero-order valence-electron chi connectivity index (χ0n) is 15.1. The van der Waals surface area contributed by atoms with E-state index in [1.165, 1.54) is 36.4 Å². The molecule has 2 aromatic rings. The molecule has 0 saturated heterocycles. The second kappa shape index (κ2) is 8.31. The molecule has 0 fully saturated rings. The molecule has 7 heteroatoms. The van der Waals surface area contributed by atoms with Crippen LogP contribution < -0.4 is 9.62 Å². The highest BCUT2D eigenvalue weighted by atomic mass is 32.2. The lowest BCUT2D eigenvalue weighted by Gasteiger charge is -2.25. The molecule has 0 spiro atoms. The van der Waals surface area contributed by atoms with Crippen molar-refractivity contribution in [2.75, 3.05) is 10.8 Å². The Morgan fingerprint density at radius 1 is 1.12 bits per heavy atom. The Morgan fingerprint density at radius 2 is 1.69 bits per heavy atom. The van der Waals surface area contributed by atoms with E-state index in [1.807, 2.05) is 20.8 Å². The van der Waals surface area contributed by atoms with Gasteiger partial charge in [0.05, 0.1) is 10.6 Å². The van der Waals surface area contributed by atoms with E-state index >= 15 is 0 Å². The number of carbonyl (C=O) groups is 1. The molecule has 0 aliphatic carbocycles. The summed E-state index contributed by atoms with van der Waals surface area (Å²) in [6.07, 6.45) is 0.729. The number of nitrogens with zero attached hydrogens (tertiary/aromatic N) is 1. The number of carbonyl (C=O) groups excluding carboxylic acids is 1. The molecule has 1 amide bonds. The third kappa shape index (κ3) is 4.82. The molecule has 0 heterocycles. The maximum atomic E-state index is 13.2. The largest absolute Gasteiger partial charge is 0.352 e. The quantitative estimate of drug-likeness (QED) is 0.804. The molecule has 0 bridgehead atoms. The van der Waals surface area contributed by atoms with E-state index in [9.17, 15) is 17.6 Å². The van der Waals surface area contributed by atoms with E-state index in [-0.39, 0.29) is 23.2 Å². The third-order valence-corrected chi connectivity index (χ3v) is 5.82. The fraction of sp³-hybridized carbons (Fsp3) is 0.316. The average molecular weight is 378 g/mol. The van der Waals surface area contributed by atoms with Crippen LogP contribution in [0.4, 0.5) is 10.1 Å². The Morgan fingerprint density at radius 3 is 2.23 bits per heavy atom. The van der Waals surface area contributed by atoms with Crippen molar-refractivity contribution in [1.82, 2.24) is 5.32 Å². The lowest BCUT2D eigenvalue weighted by molar-refractivity contribution is -0.120. The maximum Gasteiger partial charge on any atom is 0.264 e. The van der Waals surface area contributed by atoms with Crippen molar-refractivity contribution < 1.29 is 17.6 Å². The number of rotatable bonds is 7. The van der Waals surface area contributed by atoms with Gasteiger partial charge in [0, 0.05) is 6.04 Å². The monoisotopic (exact) mass is 378 g/mol. The van der Waals surface area contributed by atoms with Crippen LogP contribution in [0.1, 0.15) is 25.8 Å². The van der Waals surface area contributed by atoms with E-state index in [2.05, 4.69) is 5.32 Å². The Kier molecular flexibility index (Phi) is 6.37. The standard InChI is InChI=1S/C19H23FN2O3S/c1-4-15(3)21-19(23)13-22(17-9-7-16(20)8-10-17)26(24,25)18-11-5-14(2)6-12-18/h5-12,15H,4,13H2,1-3H3,(H,21,23). The first kappa shape index (κ1) is 19.9. The SMILES string of the molecule is CCC(C)NC(=O)CN(c1ccc(F)cc1)S(=O)(=O)c1ccc(C)cc1. The number of aryl methyl sites for hydroxylation is 1. The molecule has 0 radical (unpaired) electrons. The number of amides is 1. The summed E-state index contributed by atoms with van der Waals surface area (Å²) >= 11 is 0. The van der Waals surface area contributed by atoms with Crippen molar-refractivity contribution in [3.63, 3.8) is 0 Å². The van der Waals surface area contributed by atoms with E-state index in [0.717, 1.165) is 16.3 Å². The minimum absolute atomic E-state index is 0.0698. The van der Waals surface area contributed by atoms with Crippen LogP contribution in [-0.2, 0) is 14.8 Å². The van der Waals surface area contributed by atoms with Crippen LogP contribution in [0, 0.1) is 12.7 Å². The van der Waals surface area contributed by atoms with Crippen molar-refractivity contribution in [2.24, 2.45) is 0 Å². The highest BCUT2D eigenvalue weighted by Gasteiger charge is 2.27. The molecule has 1 N–H and O–H groups in total. The molecule has 0 aliphatic heterocycles. The zero-order chi connectivity index (χ0) is 19.3. The topological polar surface area (TPSA) is 66.5 Å². The first-order valence-electron chi connectivity index (χ1n) is 8.38. The van der Waals surface area contributed by atoms with Gasteiger partial charge in [-0.3, -0.25) is 9.10 Å². The predicted octanol–water partition coefficient (Wildman–Crippen LogP) is 3.24. The molecule has 5 nitrogen and oxygen atoms in total. The minimum Gasteiger partial charge on any atom is -0.352 e. The predicted molar refractivity (Wildman–Crippen MR) is 100 cm³/mol. The van der Waals surface area contributed by atoms with Gasteiger partial charge in [0.2, 0.25) is 5.91 Å². The Balaban J connectivity index is 2.40. The molecule has 2 rings (SSSR count). The van der Waals surface area contributed by atoms with Gasteiger partial charge in [-0.15, -0.1) is 0 Å². The van der Waals surface area contributed by atoms with E-state index < -0.39 is 21.7 Å². The number of hydrogen-bond donors (Lipinski definition) is 1. The third-order valence-electron chi connectivity index (χ3n) is 4.03. The summed E-state index contributed by atoms with van der Waals surface area (Å²) in [7, 11) is -3.97. The van der Waals surface area contributed by atoms with Crippen molar-refractivity contribution in [2.45, 2.75) is 38.1 Å². The fourth-order valence-corrected chi connectivity index (χ4v) is 3.73. The molecule has 26 heavy (non-hydrogen) atoms. The summed E-state index contributed by atoms with van der Waals surface area (Å²) in [5.74, 6) is -0.898. The fourth-order valence-electron chi connectivity index (χ4n) is 2.31. The van der Waals surface area contributed by atoms with E-state index in [4.69, 9.17) is 0 Å². The molecule has 2 aromatic carbocycles. The summed E-state index contributed by atoms with van der Waals surface area (Å²) < 4.78 is 40.4. The molecule has 1 unspecified atom stereocenters. The number of hydrogen-bond acceptors (Lipinski definition) is 3. The summed E-state index contributed by atoms with van der Waals surface area (Å²) in [6.45, 7) is 5.24. The Bertz CT molecular complexity index is 849. The number of benzene rings is 2. The Hall–Kier alpha value is -2.41. The van der Waals surface area contributed by atoms with Gasteiger partial charge in [0.15, 0.2) is 0 Å². The molecular weight excluding hydrogens is 355 g/mol. The van der Waals surface area contributed by atoms with Crippen LogP contribution in [-0.4, -0.2) is 26.9 Å². The van der Waals surface area contributed by atoms with E-state index in [1.54, 1.807) is 12.1 Å². The van der Waals surface area contributed by atoms with E-state index in [0.29, 0.717) is 0 Å². The van der Waals surface area contributed by atoms with Crippen LogP contribution in [0.5, 0.6) is 0 Å². The number of halogens is 1. The summed E-state index contributed by atoms with van der Waals surface area (Å²) in [6, 6.07) is 11.3. The molecule has 0 aromatic heterocycles. The zero-order valence-corrected chi connectivity index (χ0v) is 15.9. The molecule has 140 valence electrons. The van der Waals surface area contributed by atoms with Gasteiger partial charge in [-0.2, -0.15) is 0 Å². The smallest absolute Gasteiger partial charge is 0.264 e. The lowest BCUT2D eigenvalue weighted by Crippen LogP contribution is -2.43. The van der Waals surface area contributed by atoms with Gasteiger partial charge >= 0.3 is 0 Å². The minimum atomic E-state index is -3.97. The van der Waals surface area contributed by atoms with Crippen molar-refractivity contribution in [1.29, 1.82) is 0 Å². The first-order chi connectivity index (χ1) is 12.2. The Labute approximate surface area is 153 Å². The highest BCUT2D eigenvalue weighted by Crippen LogP contribution is 2.24. The van der Waals surface area contributed by atoms with Gasteiger partial charge in [-0.05, 0) is 56.7 Å². The van der Waals surface area contributed by atoms with Gasteiger partial charge in [0.1, 0.15) is 12.4 Å². The molecule has 1 atom stereocenters. The second-order valence-corrected chi connectivity index (χ2v) is 8.04. The van der Waals surface area contributed by atoms with Crippen LogP contribution in [0.3, 0.4) is 0 Å². The van der Waals surface area contributed by atoms with Crippen LogP contribution in [0.25, 0.3) is 0 Å². The summed E-state index contributed by atoms with van der Waals surface area (Å²) in [5.41, 5.74) is 1.15. The summed E-state index contributed by atoms with van der Waals surface area (Å²) in [4.78, 5) is 12.4. The number of sulfonamides is 1. The summed E-state index contributed by atoms with van der Waals surface area (Å²) in [5, 5.41) is 2.75. The number of anilines is 1. The molecular formula is C19H23FN2O3S. The highest BCUT2D eigenvalue weighted by molar-refractivity contribution is 7.92. The normalized spacial score (nSPS) is 12.5. The number of nitrogens with one attached hydrogen (secondary N) is 1. The van der Waals surface area contributed by atoms with Crippen LogP contribution in [0.2, 0.25) is 0 Å². The lowest BCUT2D eigenvalue weighted by atomic mass is 10.2. The second-order valence-electron chi connectivity index (χ2n) is 6.18. The van der Waals surface area contributed by atoms with Crippen LogP contribution >= 0.6 is 0 Å². The first-order valence-corrected chi connectivity index (χ1v) is 9.82. The van der Waals surface area contributed by atoms with Crippen molar-refractivity contribution >= 4 is 21.6 Å². The van der Waals surface area contributed by atoms with Crippen molar-refractivity contribution in [3.8, 4) is 0 Å². The van der Waals surface area contributed by atoms with Gasteiger partial charge in [-0.25, -0.2) is 12.8 Å². The van der Waals surface area contributed by atoms with Gasteiger partial charge in [-0.1, -0.05) is 24.6 Å². The average Bonchev–Trinajstić information content (AvgIpc) is 2.60. The van der Waals surface area contributed by atoms with Crippen molar-refractivity contribution in [3.05, 3.63) is 59.9 Å². The van der Waals surface area contributed by atoms with Crippen LogP contribution in [0.15, 0.2) is 53.4 Å². The van der Waals surface area contributed by atoms with Gasteiger partial charge < -0.3 is 5.32 Å². The molecule has 0 saturated carbocycles. The van der Waals surface area contributed by atoms with Gasteiger partial charge in [0.25, 0.3) is 10.0 Å². The maximum absolute atomic E-state index is 13.2. The molecule has 0 aliphatic rings.